The summed E-state index contributed by atoms with van der Waals surface area (Å²) in [6, 6.07) is 70.0. The van der Waals surface area contributed by atoms with Crippen molar-refractivity contribution < 1.29 is 0 Å². The van der Waals surface area contributed by atoms with Crippen LogP contribution >= 0.6 is 11.3 Å². The molecule has 2 atom stereocenters. The van der Waals surface area contributed by atoms with E-state index in [9.17, 15) is 0 Å². The van der Waals surface area contributed by atoms with Crippen molar-refractivity contribution in [2.75, 3.05) is 0 Å². The molecule has 2 unspecified atom stereocenters. The number of nitrogens with zero attached hydrogens (tertiary/aromatic N) is 4. The summed E-state index contributed by atoms with van der Waals surface area (Å²) in [5.74, 6) is 3.06. The Morgan fingerprint density at radius 1 is 0.493 bits per heavy atom. The van der Waals surface area contributed by atoms with E-state index in [1.165, 1.54) is 76.0 Å². The highest BCUT2D eigenvalue weighted by Crippen LogP contribution is 2.54. The SMILES string of the molecule is C1=CC2CC2c2cc3c4cccc(-c5cccc6c5sc5ccc7ccccc7c56)c4n(-c4nc(-c5ccc(-c6ccccc6)cc5)nc(-c5ccc(-c6ccccc6)cc5)n4)c3cc21.CC. The Morgan fingerprint density at radius 2 is 1.07 bits per heavy atom. The third-order valence-electron chi connectivity index (χ3n) is 13.8. The molecule has 5 heteroatoms. The summed E-state index contributed by atoms with van der Waals surface area (Å²) in [7, 11) is 0. The van der Waals surface area contributed by atoms with Crippen molar-refractivity contribution in [3.05, 3.63) is 211 Å². The molecule has 3 aromatic heterocycles. The third kappa shape index (κ3) is 6.52. The van der Waals surface area contributed by atoms with Gasteiger partial charge in [-0.2, -0.15) is 9.97 Å². The number of hydrogen-bond donors (Lipinski definition) is 0. The third-order valence-corrected chi connectivity index (χ3v) is 15.0. The van der Waals surface area contributed by atoms with Gasteiger partial charge in [0.15, 0.2) is 11.6 Å². The zero-order valence-corrected chi connectivity index (χ0v) is 38.0. The van der Waals surface area contributed by atoms with Crippen LogP contribution < -0.4 is 0 Å². The van der Waals surface area contributed by atoms with Crippen LogP contribution in [0.4, 0.5) is 0 Å². The van der Waals surface area contributed by atoms with Crippen LogP contribution in [0.5, 0.6) is 0 Å². The molecule has 2 aliphatic rings. The predicted octanol–water partition coefficient (Wildman–Crippen LogP) is 17.0. The van der Waals surface area contributed by atoms with Gasteiger partial charge in [0.1, 0.15) is 0 Å². The summed E-state index contributed by atoms with van der Waals surface area (Å²) in [6.45, 7) is 4.00. The van der Waals surface area contributed by atoms with E-state index in [1.54, 1.807) is 0 Å². The van der Waals surface area contributed by atoms with E-state index in [2.05, 4.69) is 211 Å². The average Bonchev–Trinajstić information content (AvgIpc) is 4.01. The zero-order chi connectivity index (χ0) is 44.6. The van der Waals surface area contributed by atoms with Crippen molar-refractivity contribution in [2.24, 2.45) is 5.92 Å². The predicted molar refractivity (Wildman–Crippen MR) is 283 cm³/mol. The first-order valence-corrected chi connectivity index (χ1v) is 24.2. The molecule has 0 N–H and O–H groups in total. The fourth-order valence-corrected chi connectivity index (χ4v) is 11.7. The van der Waals surface area contributed by atoms with Gasteiger partial charge in [-0.05, 0) is 80.6 Å². The highest BCUT2D eigenvalue weighted by atomic mass is 32.1. The molecule has 318 valence electrons. The second-order valence-corrected chi connectivity index (χ2v) is 18.6. The molecule has 3 heterocycles. The number of rotatable bonds is 6. The van der Waals surface area contributed by atoms with Gasteiger partial charge in [-0.1, -0.05) is 202 Å². The van der Waals surface area contributed by atoms with E-state index in [-0.39, 0.29) is 0 Å². The topological polar surface area (TPSA) is 43.6 Å². The quantitative estimate of drug-likeness (QED) is 0.167. The molecular weight excluding hydrogens is 833 g/mol. The molecule has 0 saturated heterocycles. The van der Waals surface area contributed by atoms with E-state index in [0.717, 1.165) is 38.9 Å². The number of fused-ring (bicyclic) bond motifs is 11. The Hall–Kier alpha value is -7.99. The molecule has 12 aromatic rings. The van der Waals surface area contributed by atoms with Gasteiger partial charge < -0.3 is 0 Å². The number of para-hydroxylation sites is 1. The summed E-state index contributed by atoms with van der Waals surface area (Å²) in [4.78, 5) is 16.2. The van der Waals surface area contributed by atoms with Crippen LogP contribution in [0.2, 0.25) is 0 Å². The van der Waals surface area contributed by atoms with Crippen LogP contribution in [0.1, 0.15) is 37.3 Å². The van der Waals surface area contributed by atoms with Crippen LogP contribution in [-0.2, 0) is 0 Å². The number of allylic oxidation sites excluding steroid dienone is 1. The van der Waals surface area contributed by atoms with Gasteiger partial charge in [0, 0.05) is 53.2 Å². The first kappa shape index (κ1) is 39.4. The van der Waals surface area contributed by atoms with Crippen LogP contribution in [0.3, 0.4) is 0 Å². The van der Waals surface area contributed by atoms with Gasteiger partial charge in [-0.15, -0.1) is 11.3 Å². The highest BCUT2D eigenvalue weighted by Gasteiger charge is 2.40. The van der Waals surface area contributed by atoms with Crippen molar-refractivity contribution in [3.8, 4) is 62.1 Å². The minimum Gasteiger partial charge on any atom is -0.277 e. The molecule has 0 spiro atoms. The number of benzene rings is 9. The standard InChI is InChI=1S/C60H38N4S.C2H6/c1-3-11-36(12-4-1)38-21-25-41(26-22-38)58-61-59(42-27-23-39(24-28-42)37-13-5-2-6-14-37)63-60(62-58)64-53-34-44-30-29-43-33-50(43)51(44)35-52(53)47-18-9-17-46(56(47)64)48-19-10-20-49-55-45-16-8-7-15-40(45)31-32-54(55)65-57(48)49;1-2/h1-32,34-35,43,50H,33H2;1-2H3. The van der Waals surface area contributed by atoms with Gasteiger partial charge in [0.05, 0.1) is 11.0 Å². The molecule has 2 aliphatic carbocycles. The fraction of sp³-hybridized carbons (Fsp3) is 0.0806. The summed E-state index contributed by atoms with van der Waals surface area (Å²) < 4.78 is 4.90. The molecule has 14 rings (SSSR count). The van der Waals surface area contributed by atoms with Crippen molar-refractivity contribution in [1.29, 1.82) is 0 Å². The summed E-state index contributed by atoms with van der Waals surface area (Å²) in [5.41, 5.74) is 13.8. The van der Waals surface area contributed by atoms with Gasteiger partial charge in [-0.3, -0.25) is 4.57 Å². The summed E-state index contributed by atoms with van der Waals surface area (Å²) >= 11 is 1.88. The van der Waals surface area contributed by atoms with Crippen molar-refractivity contribution in [1.82, 2.24) is 19.5 Å². The molecule has 1 saturated carbocycles. The largest absolute Gasteiger partial charge is 0.277 e. The second-order valence-electron chi connectivity index (χ2n) is 17.5. The molecule has 0 amide bonds. The van der Waals surface area contributed by atoms with Crippen molar-refractivity contribution in [2.45, 2.75) is 26.2 Å². The average molecular weight is 877 g/mol. The Morgan fingerprint density at radius 3 is 1.76 bits per heavy atom. The van der Waals surface area contributed by atoms with Crippen LogP contribution in [0.15, 0.2) is 200 Å². The van der Waals surface area contributed by atoms with Gasteiger partial charge in [0.25, 0.3) is 0 Å². The van der Waals surface area contributed by atoms with Gasteiger partial charge in [0.2, 0.25) is 5.95 Å². The summed E-state index contributed by atoms with van der Waals surface area (Å²) in [5, 5.41) is 7.56. The number of aromatic nitrogens is 4. The molecule has 0 aliphatic heterocycles. The molecule has 4 nitrogen and oxygen atoms in total. The minimum absolute atomic E-state index is 0.580. The lowest BCUT2D eigenvalue weighted by Gasteiger charge is -2.15. The molecule has 67 heavy (non-hydrogen) atoms. The molecular formula is C62H44N4S. The Labute approximate surface area is 393 Å². The van der Waals surface area contributed by atoms with Crippen molar-refractivity contribution >= 4 is 70.2 Å². The maximum absolute atomic E-state index is 5.47. The Kier molecular flexibility index (Phi) is 9.33. The van der Waals surface area contributed by atoms with E-state index in [4.69, 9.17) is 15.0 Å². The monoisotopic (exact) mass is 876 g/mol. The normalized spacial score (nSPS) is 14.9. The lowest BCUT2D eigenvalue weighted by atomic mass is 9.94. The molecule has 1 fully saturated rings. The molecule has 0 radical (unpaired) electrons. The van der Waals surface area contributed by atoms with E-state index in [0.29, 0.717) is 29.4 Å². The lowest BCUT2D eigenvalue weighted by molar-refractivity contribution is 0.952. The van der Waals surface area contributed by atoms with Crippen LogP contribution in [0, 0.1) is 5.92 Å². The maximum Gasteiger partial charge on any atom is 0.238 e. The lowest BCUT2D eigenvalue weighted by Crippen LogP contribution is -2.07. The first-order chi connectivity index (χ1) is 33.2. The zero-order valence-electron chi connectivity index (χ0n) is 37.2. The van der Waals surface area contributed by atoms with Crippen molar-refractivity contribution in [3.63, 3.8) is 0 Å². The van der Waals surface area contributed by atoms with E-state index in [1.807, 2.05) is 25.2 Å². The van der Waals surface area contributed by atoms with E-state index < -0.39 is 0 Å². The van der Waals surface area contributed by atoms with E-state index >= 15 is 0 Å². The maximum atomic E-state index is 5.47. The second kappa shape index (κ2) is 15.9. The van der Waals surface area contributed by atoms with Gasteiger partial charge >= 0.3 is 0 Å². The number of hydrogen-bond acceptors (Lipinski definition) is 4. The summed E-state index contributed by atoms with van der Waals surface area (Å²) in [6.07, 6.45) is 5.95. The smallest absolute Gasteiger partial charge is 0.238 e. The Balaban J connectivity index is 0.00000220. The molecule has 9 aromatic carbocycles. The fourth-order valence-electron chi connectivity index (χ4n) is 10.4. The first-order valence-electron chi connectivity index (χ1n) is 23.4. The highest BCUT2D eigenvalue weighted by molar-refractivity contribution is 7.26. The minimum atomic E-state index is 0.580. The number of thiophene rings is 1. The van der Waals surface area contributed by atoms with Crippen LogP contribution in [-0.4, -0.2) is 19.5 Å². The molecule has 0 bridgehead atoms. The Bertz CT molecular complexity index is 3800. The van der Waals surface area contributed by atoms with Crippen LogP contribution in [0.25, 0.3) is 121 Å². The van der Waals surface area contributed by atoms with Gasteiger partial charge in [-0.25, -0.2) is 4.98 Å².